The van der Waals surface area contributed by atoms with Gasteiger partial charge >= 0.3 is 0 Å². The molecular formula is C15H22N2O4S2. The Morgan fingerprint density at radius 2 is 1.83 bits per heavy atom. The van der Waals surface area contributed by atoms with Crippen LogP contribution >= 0.6 is 11.3 Å². The van der Waals surface area contributed by atoms with Gasteiger partial charge in [-0.25, -0.2) is 8.42 Å². The summed E-state index contributed by atoms with van der Waals surface area (Å²) in [6.45, 7) is 4.86. The normalized spacial score (nSPS) is 21.5. The van der Waals surface area contributed by atoms with Crippen molar-refractivity contribution in [1.82, 2.24) is 9.21 Å². The minimum atomic E-state index is -3.42. The van der Waals surface area contributed by atoms with E-state index in [4.69, 9.17) is 4.74 Å². The van der Waals surface area contributed by atoms with Crippen LogP contribution in [0.3, 0.4) is 0 Å². The van der Waals surface area contributed by atoms with Gasteiger partial charge in [0, 0.05) is 50.2 Å². The molecule has 0 bridgehead atoms. The van der Waals surface area contributed by atoms with Gasteiger partial charge in [-0.05, 0) is 31.9 Å². The van der Waals surface area contributed by atoms with Crippen LogP contribution in [0.5, 0.6) is 0 Å². The minimum Gasteiger partial charge on any atom is -0.381 e. The first-order chi connectivity index (χ1) is 11.0. The van der Waals surface area contributed by atoms with Crippen LogP contribution in [0.25, 0.3) is 0 Å². The highest BCUT2D eigenvalue weighted by Gasteiger charge is 2.33. The molecule has 1 amide bonds. The number of carbonyl (C=O) groups is 1. The number of thiophene rings is 1. The molecule has 0 radical (unpaired) electrons. The van der Waals surface area contributed by atoms with Crippen molar-refractivity contribution >= 4 is 27.3 Å². The van der Waals surface area contributed by atoms with Crippen LogP contribution in [0.2, 0.25) is 0 Å². The number of rotatable bonds is 3. The van der Waals surface area contributed by atoms with Crippen LogP contribution in [0.15, 0.2) is 16.3 Å². The molecule has 1 aromatic rings. The van der Waals surface area contributed by atoms with Gasteiger partial charge in [0.2, 0.25) is 5.91 Å². The zero-order valence-electron chi connectivity index (χ0n) is 13.2. The second kappa shape index (κ2) is 6.88. The number of hydrogen-bond donors (Lipinski definition) is 0. The zero-order valence-corrected chi connectivity index (χ0v) is 14.9. The highest BCUT2D eigenvalue weighted by Crippen LogP contribution is 2.26. The molecule has 0 saturated carbocycles. The van der Waals surface area contributed by atoms with E-state index in [2.05, 4.69) is 0 Å². The molecule has 0 unspecified atom stereocenters. The highest BCUT2D eigenvalue weighted by atomic mass is 32.2. The predicted molar refractivity (Wildman–Crippen MR) is 87.9 cm³/mol. The van der Waals surface area contributed by atoms with Crippen LogP contribution in [0, 0.1) is 12.8 Å². The summed E-state index contributed by atoms with van der Waals surface area (Å²) < 4.78 is 32.4. The highest BCUT2D eigenvalue weighted by molar-refractivity contribution is 7.91. The molecule has 3 rings (SSSR count). The van der Waals surface area contributed by atoms with E-state index in [1.807, 2.05) is 17.9 Å². The van der Waals surface area contributed by atoms with Gasteiger partial charge in [-0.1, -0.05) is 0 Å². The molecule has 8 heteroatoms. The molecule has 0 atom stereocenters. The second-order valence-corrected chi connectivity index (χ2v) is 9.43. The van der Waals surface area contributed by atoms with Crippen molar-refractivity contribution < 1.29 is 17.9 Å². The van der Waals surface area contributed by atoms with E-state index in [1.165, 1.54) is 15.6 Å². The molecule has 3 heterocycles. The summed E-state index contributed by atoms with van der Waals surface area (Å²) in [5.74, 6) is 0.184. The minimum absolute atomic E-state index is 0.0341. The molecule has 0 spiro atoms. The van der Waals surface area contributed by atoms with Crippen molar-refractivity contribution in [1.29, 1.82) is 0 Å². The number of ether oxygens (including phenoxy) is 1. The van der Waals surface area contributed by atoms with E-state index in [9.17, 15) is 13.2 Å². The number of nitrogens with zero attached hydrogens (tertiary/aromatic N) is 2. The Hall–Kier alpha value is -0.960. The van der Waals surface area contributed by atoms with Crippen LogP contribution in [0.4, 0.5) is 0 Å². The third-order valence-corrected chi connectivity index (χ3v) is 7.80. The molecule has 2 saturated heterocycles. The number of carbonyl (C=O) groups excluding carboxylic acids is 1. The molecular weight excluding hydrogens is 336 g/mol. The average molecular weight is 358 g/mol. The second-order valence-electron chi connectivity index (χ2n) is 5.98. The summed E-state index contributed by atoms with van der Waals surface area (Å²) in [5, 5.41) is 0. The predicted octanol–water partition coefficient (Wildman–Crippen LogP) is 1.32. The van der Waals surface area contributed by atoms with Crippen LogP contribution in [-0.4, -0.2) is 62.9 Å². The fourth-order valence-corrected chi connectivity index (χ4v) is 5.89. The van der Waals surface area contributed by atoms with Crippen LogP contribution < -0.4 is 0 Å². The quantitative estimate of drug-likeness (QED) is 0.817. The summed E-state index contributed by atoms with van der Waals surface area (Å²) in [6.07, 6.45) is 1.54. The molecule has 0 N–H and O–H groups in total. The lowest BCUT2D eigenvalue weighted by molar-refractivity contribution is -0.139. The lowest BCUT2D eigenvalue weighted by Gasteiger charge is -2.36. The number of amides is 1. The number of hydrogen-bond acceptors (Lipinski definition) is 5. The average Bonchev–Trinajstić information content (AvgIpc) is 3.02. The van der Waals surface area contributed by atoms with Crippen LogP contribution in [-0.2, 0) is 19.6 Å². The maximum absolute atomic E-state index is 12.6. The van der Waals surface area contributed by atoms with E-state index >= 15 is 0 Å². The van der Waals surface area contributed by atoms with Crippen molar-refractivity contribution in [3.05, 3.63) is 17.0 Å². The van der Waals surface area contributed by atoms with Gasteiger partial charge in [0.1, 0.15) is 4.21 Å². The molecule has 128 valence electrons. The summed E-state index contributed by atoms with van der Waals surface area (Å²) in [7, 11) is -3.42. The summed E-state index contributed by atoms with van der Waals surface area (Å²) >= 11 is 1.29. The smallest absolute Gasteiger partial charge is 0.252 e. The summed E-state index contributed by atoms with van der Waals surface area (Å²) in [5.41, 5.74) is 0. The first kappa shape index (κ1) is 16.9. The Morgan fingerprint density at radius 1 is 1.17 bits per heavy atom. The van der Waals surface area contributed by atoms with Gasteiger partial charge in [0.05, 0.1) is 0 Å². The van der Waals surface area contributed by atoms with Gasteiger partial charge in [-0.15, -0.1) is 11.3 Å². The van der Waals surface area contributed by atoms with E-state index in [0.29, 0.717) is 43.6 Å². The standard InChI is InChI=1S/C15H22N2O4S2/c1-12-2-3-14(22-12)23(19,20)17-8-6-16(7-9-17)15(18)13-4-10-21-11-5-13/h2-3,13H,4-11H2,1H3. The van der Waals surface area contributed by atoms with Crippen molar-refractivity contribution in [3.63, 3.8) is 0 Å². The molecule has 2 aliphatic rings. The maximum atomic E-state index is 12.6. The van der Waals surface area contributed by atoms with E-state index in [1.54, 1.807) is 6.07 Å². The van der Waals surface area contributed by atoms with E-state index in [0.717, 1.165) is 17.7 Å². The number of aryl methyl sites for hydroxylation is 1. The maximum Gasteiger partial charge on any atom is 0.252 e. The lowest BCUT2D eigenvalue weighted by Crippen LogP contribution is -2.52. The van der Waals surface area contributed by atoms with E-state index in [-0.39, 0.29) is 11.8 Å². The van der Waals surface area contributed by atoms with Crippen molar-refractivity contribution in [2.75, 3.05) is 39.4 Å². The largest absolute Gasteiger partial charge is 0.381 e. The molecule has 23 heavy (non-hydrogen) atoms. The van der Waals surface area contributed by atoms with Gasteiger partial charge in [-0.2, -0.15) is 4.31 Å². The zero-order chi connectivity index (χ0) is 16.4. The van der Waals surface area contributed by atoms with Gasteiger partial charge in [0.25, 0.3) is 10.0 Å². The third kappa shape index (κ3) is 3.60. The fraction of sp³-hybridized carbons (Fsp3) is 0.667. The van der Waals surface area contributed by atoms with Crippen molar-refractivity contribution in [3.8, 4) is 0 Å². The molecule has 2 aliphatic heterocycles. The van der Waals surface area contributed by atoms with Gasteiger partial charge < -0.3 is 9.64 Å². The molecule has 2 fully saturated rings. The lowest BCUT2D eigenvalue weighted by atomic mass is 9.98. The van der Waals surface area contributed by atoms with Crippen molar-refractivity contribution in [2.45, 2.75) is 24.0 Å². The number of sulfonamides is 1. The molecule has 0 aliphatic carbocycles. The van der Waals surface area contributed by atoms with Crippen LogP contribution in [0.1, 0.15) is 17.7 Å². The monoisotopic (exact) mass is 358 g/mol. The first-order valence-corrected chi connectivity index (χ1v) is 10.2. The Labute approximate surface area is 141 Å². The molecule has 0 aromatic carbocycles. The molecule has 1 aromatic heterocycles. The Bertz CT molecular complexity index is 657. The van der Waals surface area contributed by atoms with Gasteiger partial charge in [0.15, 0.2) is 0 Å². The Morgan fingerprint density at radius 3 is 2.39 bits per heavy atom. The first-order valence-electron chi connectivity index (χ1n) is 7.91. The molecule has 6 nitrogen and oxygen atoms in total. The number of piperazine rings is 1. The Balaban J connectivity index is 1.60. The van der Waals surface area contributed by atoms with E-state index < -0.39 is 10.0 Å². The summed E-state index contributed by atoms with van der Waals surface area (Å²) in [6, 6.07) is 3.48. The van der Waals surface area contributed by atoms with Gasteiger partial charge in [-0.3, -0.25) is 4.79 Å². The van der Waals surface area contributed by atoms with Crippen molar-refractivity contribution in [2.24, 2.45) is 5.92 Å². The third-order valence-electron chi connectivity index (χ3n) is 4.43. The Kier molecular flexibility index (Phi) is 5.05. The SMILES string of the molecule is Cc1ccc(S(=O)(=O)N2CCN(C(=O)C3CCOCC3)CC2)s1. The fourth-order valence-electron chi connectivity index (χ4n) is 3.03. The summed E-state index contributed by atoms with van der Waals surface area (Å²) in [4.78, 5) is 15.3. The topological polar surface area (TPSA) is 66.9 Å².